The molecule has 0 aliphatic carbocycles. The molecule has 0 bridgehead atoms. The lowest BCUT2D eigenvalue weighted by molar-refractivity contribution is 0.0916. The molecule has 4 heterocycles. The summed E-state index contributed by atoms with van der Waals surface area (Å²) >= 11 is 0. The van der Waals surface area contributed by atoms with Crippen molar-refractivity contribution < 1.29 is 18.7 Å². The molecular weight excluding hydrogens is 488 g/mol. The van der Waals surface area contributed by atoms with Gasteiger partial charge in [0.2, 0.25) is 5.95 Å². The van der Waals surface area contributed by atoms with Gasteiger partial charge in [-0.05, 0) is 57.2 Å². The van der Waals surface area contributed by atoms with E-state index in [9.17, 15) is 9.59 Å². The Morgan fingerprint density at radius 2 is 1.92 bits per heavy atom. The molecule has 5 rings (SSSR count). The number of anilines is 2. The number of aryl methyl sites for hydroxylation is 1. The molecular formula is C27H30N6O5. The number of carbonyl (C=O) groups is 1. The highest BCUT2D eigenvalue weighted by Gasteiger charge is 2.22. The lowest BCUT2D eigenvalue weighted by Gasteiger charge is -2.29. The molecule has 0 unspecified atom stereocenters. The van der Waals surface area contributed by atoms with E-state index in [0.717, 1.165) is 25.9 Å². The van der Waals surface area contributed by atoms with Crippen LogP contribution in [0.25, 0.3) is 22.2 Å². The maximum absolute atomic E-state index is 12.9. The summed E-state index contributed by atoms with van der Waals surface area (Å²) in [7, 11) is 6.71. The number of ether oxygens (including phenoxy) is 2. The molecule has 0 spiro atoms. The normalized spacial score (nSPS) is 14.4. The molecule has 1 aliphatic rings. The predicted octanol–water partition coefficient (Wildman–Crippen LogP) is 3.17. The molecule has 11 nitrogen and oxygen atoms in total. The van der Waals surface area contributed by atoms with Gasteiger partial charge in [0.05, 0.1) is 49.7 Å². The zero-order valence-electron chi connectivity index (χ0n) is 21.8. The summed E-state index contributed by atoms with van der Waals surface area (Å²) in [4.78, 5) is 37.2. The van der Waals surface area contributed by atoms with Crippen LogP contribution in [0.1, 0.15) is 23.2 Å². The molecule has 1 saturated heterocycles. The second kappa shape index (κ2) is 10.5. The minimum absolute atomic E-state index is 0.135. The van der Waals surface area contributed by atoms with Crippen molar-refractivity contribution in [1.29, 1.82) is 0 Å². The van der Waals surface area contributed by atoms with Crippen molar-refractivity contribution in [3.05, 3.63) is 58.9 Å². The lowest BCUT2D eigenvalue weighted by Crippen LogP contribution is -2.43. The van der Waals surface area contributed by atoms with Crippen molar-refractivity contribution in [3.8, 4) is 22.6 Å². The molecule has 0 atom stereocenters. The smallest absolute Gasteiger partial charge is 0.293 e. The summed E-state index contributed by atoms with van der Waals surface area (Å²) in [6.45, 7) is 1.93. The molecule has 4 aromatic rings. The Morgan fingerprint density at radius 1 is 1.13 bits per heavy atom. The number of likely N-dealkylation sites (tertiary alicyclic amines) is 1. The second-order valence-corrected chi connectivity index (χ2v) is 9.30. The van der Waals surface area contributed by atoms with Crippen LogP contribution in [0.15, 0.2) is 52.2 Å². The van der Waals surface area contributed by atoms with Gasteiger partial charge in [0.15, 0.2) is 5.75 Å². The average molecular weight is 519 g/mol. The largest absolute Gasteiger partial charge is 0.495 e. The van der Waals surface area contributed by atoms with Gasteiger partial charge in [-0.25, -0.2) is 9.97 Å². The number of methoxy groups -OCH3 is 2. The van der Waals surface area contributed by atoms with Crippen LogP contribution in [0.3, 0.4) is 0 Å². The molecule has 3 aromatic heterocycles. The van der Waals surface area contributed by atoms with E-state index in [1.807, 2.05) is 0 Å². The van der Waals surface area contributed by atoms with Gasteiger partial charge in [-0.2, -0.15) is 0 Å². The van der Waals surface area contributed by atoms with Gasteiger partial charge in [0.25, 0.3) is 11.5 Å². The molecule has 0 radical (unpaired) electrons. The first-order chi connectivity index (χ1) is 18.4. The average Bonchev–Trinajstić information content (AvgIpc) is 3.46. The number of furan rings is 1. The first-order valence-corrected chi connectivity index (χ1v) is 12.3. The van der Waals surface area contributed by atoms with Crippen molar-refractivity contribution in [2.24, 2.45) is 7.05 Å². The third-order valence-electron chi connectivity index (χ3n) is 6.87. The van der Waals surface area contributed by atoms with E-state index in [4.69, 9.17) is 18.9 Å². The van der Waals surface area contributed by atoms with Crippen LogP contribution in [0.4, 0.5) is 11.6 Å². The van der Waals surface area contributed by atoms with E-state index in [2.05, 4.69) is 27.6 Å². The molecule has 1 fully saturated rings. The first kappa shape index (κ1) is 25.3. The Hall–Kier alpha value is -4.38. The Kier molecular flexibility index (Phi) is 7.01. The monoisotopic (exact) mass is 518 g/mol. The minimum Gasteiger partial charge on any atom is -0.495 e. The lowest BCUT2D eigenvalue weighted by atomic mass is 10.0. The number of hydrogen-bond donors (Lipinski definition) is 2. The zero-order chi connectivity index (χ0) is 26.8. The molecule has 1 aromatic carbocycles. The summed E-state index contributed by atoms with van der Waals surface area (Å²) in [5.74, 6) is 0.773. The maximum atomic E-state index is 12.9. The minimum atomic E-state index is -0.309. The van der Waals surface area contributed by atoms with Crippen molar-refractivity contribution in [3.63, 3.8) is 0 Å². The fourth-order valence-electron chi connectivity index (χ4n) is 4.68. The number of fused-ring (bicyclic) bond motifs is 1. The number of rotatable bonds is 7. The van der Waals surface area contributed by atoms with Crippen molar-refractivity contribution >= 4 is 28.6 Å². The highest BCUT2D eigenvalue weighted by Crippen LogP contribution is 2.35. The van der Waals surface area contributed by atoms with Crippen LogP contribution >= 0.6 is 0 Å². The number of pyridine rings is 1. The second-order valence-electron chi connectivity index (χ2n) is 9.30. The Labute approximate surface area is 219 Å². The van der Waals surface area contributed by atoms with Gasteiger partial charge < -0.3 is 34.0 Å². The molecule has 2 N–H and O–H groups in total. The number of carbonyl (C=O) groups excluding carboxylic acids is 1. The molecule has 1 aliphatic heterocycles. The fraction of sp³-hybridized carbons (Fsp3) is 0.333. The summed E-state index contributed by atoms with van der Waals surface area (Å²) in [5.41, 5.74) is 3.00. The van der Waals surface area contributed by atoms with Gasteiger partial charge in [0.1, 0.15) is 11.3 Å². The number of hydrogen-bond acceptors (Lipinski definition) is 9. The number of amides is 1. The van der Waals surface area contributed by atoms with Crippen LogP contribution in [0.5, 0.6) is 11.5 Å². The molecule has 198 valence electrons. The quantitative estimate of drug-likeness (QED) is 0.380. The highest BCUT2D eigenvalue weighted by atomic mass is 16.5. The molecule has 0 saturated carbocycles. The topological polar surface area (TPSA) is 124 Å². The first-order valence-electron chi connectivity index (χ1n) is 12.3. The van der Waals surface area contributed by atoms with Crippen molar-refractivity contribution in [2.45, 2.75) is 18.9 Å². The van der Waals surface area contributed by atoms with E-state index in [1.165, 1.54) is 31.3 Å². The van der Waals surface area contributed by atoms with Crippen molar-refractivity contribution in [1.82, 2.24) is 24.8 Å². The van der Waals surface area contributed by atoms with Gasteiger partial charge in [-0.15, -0.1) is 0 Å². The maximum Gasteiger partial charge on any atom is 0.293 e. The predicted molar refractivity (Wildman–Crippen MR) is 143 cm³/mol. The molecule has 11 heteroatoms. The Morgan fingerprint density at radius 3 is 2.61 bits per heavy atom. The standard InChI is InChI=1S/C27H30N6O5/c1-32-10-7-18(8-11-32)29-25(34)16-5-6-19(21(13-16)36-3)30-27-28-14-20-23(31-27)22(17-9-12-38-15-17)24(37-4)26(35)33(20)2/h5-6,9,12-15,18H,7-8,10-11H2,1-4H3,(H,29,34)(H,28,30,31). The molecule has 1 amide bonds. The van der Waals surface area contributed by atoms with Gasteiger partial charge in [0, 0.05) is 24.2 Å². The van der Waals surface area contributed by atoms with Gasteiger partial charge >= 0.3 is 0 Å². The SMILES string of the molecule is COc1cc(C(=O)NC2CCN(C)CC2)ccc1Nc1ncc2c(n1)c(-c1ccoc1)c(OC)c(=O)n2C. The molecule has 38 heavy (non-hydrogen) atoms. The van der Waals surface area contributed by atoms with Crippen LogP contribution in [-0.2, 0) is 7.05 Å². The Bertz CT molecular complexity index is 1520. The van der Waals surface area contributed by atoms with Gasteiger partial charge in [-0.1, -0.05) is 0 Å². The fourth-order valence-corrected chi connectivity index (χ4v) is 4.68. The summed E-state index contributed by atoms with van der Waals surface area (Å²) in [6, 6.07) is 7.08. The number of benzene rings is 1. The van der Waals surface area contributed by atoms with Crippen LogP contribution in [-0.4, -0.2) is 65.7 Å². The van der Waals surface area contributed by atoms with E-state index < -0.39 is 0 Å². The number of nitrogens with one attached hydrogen (secondary N) is 2. The van der Waals surface area contributed by atoms with E-state index in [0.29, 0.717) is 39.2 Å². The van der Waals surface area contributed by atoms with E-state index >= 15 is 0 Å². The third kappa shape index (κ3) is 4.80. The summed E-state index contributed by atoms with van der Waals surface area (Å²) in [5, 5.41) is 6.30. The van der Waals surface area contributed by atoms with E-state index in [1.54, 1.807) is 37.5 Å². The number of nitrogens with zero attached hydrogens (tertiary/aromatic N) is 4. The number of aromatic nitrogens is 3. The Balaban J connectivity index is 1.46. The van der Waals surface area contributed by atoms with Crippen molar-refractivity contribution in [2.75, 3.05) is 39.7 Å². The summed E-state index contributed by atoms with van der Waals surface area (Å²) < 4.78 is 17.7. The summed E-state index contributed by atoms with van der Waals surface area (Å²) in [6.07, 6.45) is 6.48. The van der Waals surface area contributed by atoms with E-state index in [-0.39, 0.29) is 29.2 Å². The number of piperidine rings is 1. The third-order valence-corrected chi connectivity index (χ3v) is 6.87. The zero-order valence-corrected chi connectivity index (χ0v) is 21.8. The van der Waals surface area contributed by atoms with Crippen LogP contribution in [0, 0.1) is 0 Å². The van der Waals surface area contributed by atoms with Crippen LogP contribution in [0.2, 0.25) is 0 Å². The van der Waals surface area contributed by atoms with Gasteiger partial charge in [-0.3, -0.25) is 9.59 Å². The highest BCUT2D eigenvalue weighted by molar-refractivity contribution is 5.96. The van der Waals surface area contributed by atoms with Crippen LogP contribution < -0.4 is 25.7 Å².